The first-order valence-electron chi connectivity index (χ1n) is 5.01. The molecule has 0 spiro atoms. The molecule has 8 heteroatoms. The van der Waals surface area contributed by atoms with Crippen molar-refractivity contribution < 1.29 is 22.9 Å². The molecule has 0 saturated carbocycles. The summed E-state index contributed by atoms with van der Waals surface area (Å²) >= 11 is 0. The Morgan fingerprint density at radius 1 is 1.42 bits per heavy atom. The van der Waals surface area contributed by atoms with Crippen molar-refractivity contribution in [2.75, 3.05) is 6.54 Å². The third-order valence-electron chi connectivity index (χ3n) is 2.13. The Morgan fingerprint density at radius 2 is 2.05 bits per heavy atom. The Labute approximate surface area is 105 Å². The number of rotatable bonds is 4. The first-order valence-corrected chi connectivity index (χ1v) is 5.01. The van der Waals surface area contributed by atoms with E-state index in [2.05, 4.69) is 11.9 Å². The highest BCUT2D eigenvalue weighted by molar-refractivity contribution is 5.95. The molecule has 0 aromatic heterocycles. The smallest absolute Gasteiger partial charge is 0.349 e. The highest BCUT2D eigenvalue weighted by atomic mass is 19.4. The van der Waals surface area contributed by atoms with Crippen molar-refractivity contribution in [1.82, 2.24) is 5.32 Å². The lowest BCUT2D eigenvalue weighted by Crippen LogP contribution is -2.23. The number of alkyl halides is 3. The molecule has 0 aliphatic rings. The van der Waals surface area contributed by atoms with E-state index in [4.69, 9.17) is 0 Å². The van der Waals surface area contributed by atoms with Crippen LogP contribution in [0.5, 0.6) is 0 Å². The average Bonchev–Trinajstić information content (AvgIpc) is 2.34. The van der Waals surface area contributed by atoms with Crippen LogP contribution in [0.4, 0.5) is 18.9 Å². The highest BCUT2D eigenvalue weighted by Gasteiger charge is 2.33. The second-order valence-electron chi connectivity index (χ2n) is 3.52. The van der Waals surface area contributed by atoms with Gasteiger partial charge >= 0.3 is 6.18 Å². The maximum atomic E-state index is 12.6. The quantitative estimate of drug-likeness (QED) is 0.521. The van der Waals surface area contributed by atoms with Crippen molar-refractivity contribution in [3.8, 4) is 0 Å². The van der Waals surface area contributed by atoms with Gasteiger partial charge in [-0.05, 0) is 6.07 Å². The van der Waals surface area contributed by atoms with Gasteiger partial charge in [0.25, 0.3) is 11.6 Å². The lowest BCUT2D eigenvalue weighted by molar-refractivity contribution is -0.385. The van der Waals surface area contributed by atoms with Crippen LogP contribution >= 0.6 is 0 Å². The van der Waals surface area contributed by atoms with Crippen LogP contribution in [0, 0.1) is 10.1 Å². The number of nitrogens with one attached hydrogen (secondary N) is 1. The molecule has 1 N–H and O–H groups in total. The molecule has 5 nitrogen and oxygen atoms in total. The number of nitrogens with zero attached hydrogens (tertiary/aromatic N) is 1. The van der Waals surface area contributed by atoms with Crippen molar-refractivity contribution >= 4 is 11.6 Å². The van der Waals surface area contributed by atoms with Gasteiger partial charge in [-0.1, -0.05) is 6.08 Å². The van der Waals surface area contributed by atoms with Crippen LogP contribution in [0.3, 0.4) is 0 Å². The number of nitro groups is 1. The molecule has 1 aromatic carbocycles. The van der Waals surface area contributed by atoms with E-state index in [1.165, 1.54) is 6.08 Å². The van der Waals surface area contributed by atoms with Crippen molar-refractivity contribution in [3.63, 3.8) is 0 Å². The summed E-state index contributed by atoms with van der Waals surface area (Å²) in [5.74, 6) is -0.839. The van der Waals surface area contributed by atoms with Crippen LogP contribution < -0.4 is 5.32 Å². The number of nitro benzene ring substituents is 1. The van der Waals surface area contributed by atoms with E-state index >= 15 is 0 Å². The summed E-state index contributed by atoms with van der Waals surface area (Å²) in [6.07, 6.45) is -3.43. The molecule has 102 valence electrons. The van der Waals surface area contributed by atoms with Crippen LogP contribution in [-0.2, 0) is 6.18 Å². The third-order valence-corrected chi connectivity index (χ3v) is 2.13. The fourth-order valence-corrected chi connectivity index (χ4v) is 1.28. The van der Waals surface area contributed by atoms with Gasteiger partial charge in [0.15, 0.2) is 0 Å². The molecule has 19 heavy (non-hydrogen) atoms. The minimum Gasteiger partial charge on any atom is -0.349 e. The molecule has 0 heterocycles. The van der Waals surface area contributed by atoms with Crippen LogP contribution in [0.2, 0.25) is 0 Å². The number of amides is 1. The SMILES string of the molecule is C=CCNC(=O)c1cc([N+](=O)[O-])cc(C(F)(F)F)c1. The summed E-state index contributed by atoms with van der Waals surface area (Å²) in [6, 6.07) is 1.73. The molecule has 0 aliphatic carbocycles. The number of carbonyl (C=O) groups excluding carboxylic acids is 1. The second-order valence-corrected chi connectivity index (χ2v) is 3.52. The number of non-ortho nitro benzene ring substituents is 1. The van der Waals surface area contributed by atoms with Gasteiger partial charge in [-0.15, -0.1) is 6.58 Å². The molecule has 0 bridgehead atoms. The maximum Gasteiger partial charge on any atom is 0.416 e. The van der Waals surface area contributed by atoms with Crippen molar-refractivity contribution in [1.29, 1.82) is 0 Å². The zero-order chi connectivity index (χ0) is 14.6. The zero-order valence-electron chi connectivity index (χ0n) is 9.53. The third kappa shape index (κ3) is 3.80. The normalized spacial score (nSPS) is 10.9. The van der Waals surface area contributed by atoms with Crippen LogP contribution in [-0.4, -0.2) is 17.4 Å². The first-order chi connectivity index (χ1) is 8.75. The molecule has 1 aromatic rings. The Morgan fingerprint density at radius 3 is 2.53 bits per heavy atom. The molecular formula is C11H9F3N2O3. The molecule has 0 atom stereocenters. The predicted octanol–water partition coefficient (Wildman–Crippen LogP) is 2.53. The van der Waals surface area contributed by atoms with Gasteiger partial charge in [0.2, 0.25) is 0 Å². The maximum absolute atomic E-state index is 12.6. The number of hydrogen-bond acceptors (Lipinski definition) is 3. The van der Waals surface area contributed by atoms with Crippen molar-refractivity contribution in [2.24, 2.45) is 0 Å². The first kappa shape index (κ1) is 14.7. The lowest BCUT2D eigenvalue weighted by atomic mass is 10.1. The fourth-order valence-electron chi connectivity index (χ4n) is 1.28. The highest BCUT2D eigenvalue weighted by Crippen LogP contribution is 2.32. The van der Waals surface area contributed by atoms with Crippen LogP contribution in [0.25, 0.3) is 0 Å². The van der Waals surface area contributed by atoms with Gasteiger partial charge in [0.05, 0.1) is 10.5 Å². The van der Waals surface area contributed by atoms with Gasteiger partial charge in [-0.25, -0.2) is 0 Å². The molecular weight excluding hydrogens is 265 g/mol. The number of halogens is 3. The van der Waals surface area contributed by atoms with Gasteiger partial charge in [-0.3, -0.25) is 14.9 Å². The lowest BCUT2D eigenvalue weighted by Gasteiger charge is -2.09. The zero-order valence-corrected chi connectivity index (χ0v) is 9.53. The molecule has 0 aliphatic heterocycles. The minimum absolute atomic E-state index is 0.0445. The molecule has 1 amide bonds. The molecule has 0 saturated heterocycles. The standard InChI is InChI=1S/C11H9F3N2O3/c1-2-3-15-10(17)7-4-8(11(12,13)14)6-9(5-7)16(18)19/h2,4-6H,1,3H2,(H,15,17). The van der Waals surface area contributed by atoms with Crippen molar-refractivity contribution in [2.45, 2.75) is 6.18 Å². The van der Waals surface area contributed by atoms with Crippen LogP contribution in [0.1, 0.15) is 15.9 Å². The minimum atomic E-state index is -4.76. The topological polar surface area (TPSA) is 72.2 Å². The Kier molecular flexibility index (Phi) is 4.26. The van der Waals surface area contributed by atoms with Gasteiger partial charge in [-0.2, -0.15) is 13.2 Å². The van der Waals surface area contributed by atoms with E-state index in [9.17, 15) is 28.1 Å². The van der Waals surface area contributed by atoms with Crippen LogP contribution in [0.15, 0.2) is 30.9 Å². The van der Waals surface area contributed by atoms with E-state index in [1.807, 2.05) is 0 Å². The summed E-state index contributed by atoms with van der Waals surface area (Å²) in [5.41, 5.74) is -2.47. The summed E-state index contributed by atoms with van der Waals surface area (Å²) in [4.78, 5) is 21.1. The van der Waals surface area contributed by atoms with Gasteiger partial charge in [0.1, 0.15) is 0 Å². The van der Waals surface area contributed by atoms with E-state index in [1.54, 1.807) is 0 Å². The summed E-state index contributed by atoms with van der Waals surface area (Å²) < 4.78 is 37.7. The predicted molar refractivity (Wildman–Crippen MR) is 60.6 cm³/mol. The van der Waals surface area contributed by atoms with Gasteiger partial charge in [0, 0.05) is 24.2 Å². The fraction of sp³-hybridized carbons (Fsp3) is 0.182. The number of benzene rings is 1. The Balaban J connectivity index is 3.24. The molecule has 0 radical (unpaired) electrons. The number of carbonyl (C=O) groups is 1. The molecule has 0 unspecified atom stereocenters. The van der Waals surface area contributed by atoms with E-state index < -0.39 is 33.8 Å². The Bertz CT molecular complexity index is 526. The van der Waals surface area contributed by atoms with E-state index in [0.29, 0.717) is 12.1 Å². The molecule has 0 fully saturated rings. The summed E-state index contributed by atoms with van der Waals surface area (Å²) in [6.45, 7) is 3.37. The van der Waals surface area contributed by atoms with E-state index in [0.717, 1.165) is 6.07 Å². The summed E-state index contributed by atoms with van der Waals surface area (Å²) in [5, 5.41) is 12.8. The van der Waals surface area contributed by atoms with Crippen molar-refractivity contribution in [3.05, 3.63) is 52.1 Å². The van der Waals surface area contributed by atoms with Gasteiger partial charge < -0.3 is 5.32 Å². The van der Waals surface area contributed by atoms with E-state index in [-0.39, 0.29) is 6.54 Å². The molecule has 1 rings (SSSR count). The monoisotopic (exact) mass is 274 g/mol. The Hall–Kier alpha value is -2.38. The largest absolute Gasteiger partial charge is 0.416 e. The average molecular weight is 274 g/mol. The number of hydrogen-bond donors (Lipinski definition) is 1. The summed E-state index contributed by atoms with van der Waals surface area (Å²) in [7, 11) is 0. The second kappa shape index (κ2) is 5.51.